The minimum absolute atomic E-state index is 0.243. The first-order valence-corrected chi connectivity index (χ1v) is 11.5. The van der Waals surface area contributed by atoms with E-state index in [0.717, 1.165) is 12.4 Å². The van der Waals surface area contributed by atoms with Gasteiger partial charge in [0.1, 0.15) is 0 Å². The highest BCUT2D eigenvalue weighted by Gasteiger charge is 2.37. The molecule has 1 nitrogen and oxygen atoms in total. The van der Waals surface area contributed by atoms with Gasteiger partial charge in [-0.25, -0.2) is 0 Å². The van der Waals surface area contributed by atoms with Crippen molar-refractivity contribution >= 4 is 17.8 Å². The molecule has 0 aromatic heterocycles. The first kappa shape index (κ1) is 19.8. The highest BCUT2D eigenvalue weighted by Crippen LogP contribution is 2.48. The summed E-state index contributed by atoms with van der Waals surface area (Å²) in [5.74, 6) is 1.03. The first-order valence-electron chi connectivity index (χ1n) is 10.5. The summed E-state index contributed by atoms with van der Waals surface area (Å²) in [7, 11) is 0. The van der Waals surface area contributed by atoms with Crippen LogP contribution in [0.25, 0.3) is 17.2 Å². The molecule has 148 valence electrons. The third-order valence-electron chi connectivity index (χ3n) is 6.74. The zero-order valence-corrected chi connectivity index (χ0v) is 19.0. The SMILES string of the molecule is Cc1ccc(C=C2CNCS2)cc1-c1cc2c(cc1C)C(C)(C)CCC2(C)C. The summed E-state index contributed by atoms with van der Waals surface area (Å²) in [4.78, 5) is 1.43. The van der Waals surface area contributed by atoms with E-state index in [4.69, 9.17) is 0 Å². The van der Waals surface area contributed by atoms with Crippen LogP contribution in [0.1, 0.15) is 68.4 Å². The van der Waals surface area contributed by atoms with Crippen molar-refractivity contribution in [1.82, 2.24) is 5.32 Å². The van der Waals surface area contributed by atoms with Crippen LogP contribution in [0.4, 0.5) is 0 Å². The maximum absolute atomic E-state index is 3.40. The van der Waals surface area contributed by atoms with E-state index >= 15 is 0 Å². The Morgan fingerprint density at radius 1 is 0.857 bits per heavy atom. The van der Waals surface area contributed by atoms with Crippen LogP contribution in [-0.4, -0.2) is 12.4 Å². The Morgan fingerprint density at radius 3 is 2.14 bits per heavy atom. The average molecular weight is 392 g/mol. The van der Waals surface area contributed by atoms with Crippen molar-refractivity contribution in [1.29, 1.82) is 0 Å². The first-order chi connectivity index (χ1) is 13.2. The van der Waals surface area contributed by atoms with Crippen molar-refractivity contribution in [3.05, 3.63) is 63.1 Å². The van der Waals surface area contributed by atoms with Gasteiger partial charge >= 0.3 is 0 Å². The molecule has 1 N–H and O–H groups in total. The molecule has 0 spiro atoms. The molecule has 4 rings (SSSR count). The van der Waals surface area contributed by atoms with Gasteiger partial charge in [0.2, 0.25) is 0 Å². The standard InChI is InChI=1S/C26H33NS/c1-17-7-8-19(12-20-15-27-16-28-20)13-21(17)22-14-24-23(11-18(22)2)25(3,4)9-10-26(24,5)6/h7-8,11-14,27H,9-10,15-16H2,1-6H3. The number of fused-ring (bicyclic) bond motifs is 1. The van der Waals surface area contributed by atoms with E-state index in [-0.39, 0.29) is 10.8 Å². The molecule has 0 unspecified atom stereocenters. The minimum atomic E-state index is 0.243. The predicted octanol–water partition coefficient (Wildman–Crippen LogP) is 6.95. The number of hydrogen-bond acceptors (Lipinski definition) is 2. The predicted molar refractivity (Wildman–Crippen MR) is 125 cm³/mol. The quantitative estimate of drug-likeness (QED) is 0.594. The van der Waals surface area contributed by atoms with Crippen molar-refractivity contribution < 1.29 is 0 Å². The van der Waals surface area contributed by atoms with Gasteiger partial charge in [0.25, 0.3) is 0 Å². The Labute approximate surface area is 175 Å². The lowest BCUT2D eigenvalue weighted by molar-refractivity contribution is 0.332. The molecule has 1 heterocycles. The number of hydrogen-bond donors (Lipinski definition) is 1. The van der Waals surface area contributed by atoms with Crippen LogP contribution >= 0.6 is 11.8 Å². The third-order valence-corrected chi connectivity index (χ3v) is 7.72. The Balaban J connectivity index is 1.85. The lowest BCUT2D eigenvalue weighted by Crippen LogP contribution is -2.34. The summed E-state index contributed by atoms with van der Waals surface area (Å²) in [6, 6.07) is 11.9. The zero-order valence-electron chi connectivity index (χ0n) is 18.2. The topological polar surface area (TPSA) is 12.0 Å². The van der Waals surface area contributed by atoms with Gasteiger partial charge in [-0.2, -0.15) is 0 Å². The fourth-order valence-corrected chi connectivity index (χ4v) is 5.49. The van der Waals surface area contributed by atoms with Crippen molar-refractivity contribution in [3.63, 3.8) is 0 Å². The molecule has 28 heavy (non-hydrogen) atoms. The zero-order chi connectivity index (χ0) is 20.1. The van der Waals surface area contributed by atoms with E-state index in [2.05, 4.69) is 83.3 Å². The van der Waals surface area contributed by atoms with Gasteiger partial charge in [-0.05, 0) is 88.6 Å². The van der Waals surface area contributed by atoms with Gasteiger partial charge in [-0.3, -0.25) is 0 Å². The van der Waals surface area contributed by atoms with Crippen LogP contribution in [-0.2, 0) is 10.8 Å². The summed E-state index contributed by atoms with van der Waals surface area (Å²) >= 11 is 1.91. The number of thioether (sulfide) groups is 1. The fourth-order valence-electron chi connectivity index (χ4n) is 4.68. The second kappa shape index (κ2) is 7.07. The van der Waals surface area contributed by atoms with Gasteiger partial charge in [-0.1, -0.05) is 52.0 Å². The van der Waals surface area contributed by atoms with E-state index in [1.165, 1.54) is 45.6 Å². The minimum Gasteiger partial charge on any atom is -0.303 e. The summed E-state index contributed by atoms with van der Waals surface area (Å²) in [5.41, 5.74) is 10.4. The highest BCUT2D eigenvalue weighted by molar-refractivity contribution is 8.03. The van der Waals surface area contributed by atoms with Crippen LogP contribution in [0.3, 0.4) is 0 Å². The summed E-state index contributed by atoms with van der Waals surface area (Å²) in [5, 5.41) is 3.40. The highest BCUT2D eigenvalue weighted by atomic mass is 32.2. The van der Waals surface area contributed by atoms with Crippen LogP contribution in [0, 0.1) is 13.8 Å². The van der Waals surface area contributed by atoms with Gasteiger partial charge in [0.05, 0.1) is 0 Å². The van der Waals surface area contributed by atoms with Crippen LogP contribution in [0.5, 0.6) is 0 Å². The molecule has 0 saturated carbocycles. The molecule has 2 heteroatoms. The smallest absolute Gasteiger partial charge is 0.0465 e. The fraction of sp³-hybridized carbons (Fsp3) is 0.462. The van der Waals surface area contributed by atoms with Crippen molar-refractivity contribution in [3.8, 4) is 11.1 Å². The molecule has 2 aliphatic rings. The molecular formula is C26H33NS. The largest absolute Gasteiger partial charge is 0.303 e. The van der Waals surface area contributed by atoms with Gasteiger partial charge in [0.15, 0.2) is 0 Å². The molecule has 0 bridgehead atoms. The Morgan fingerprint density at radius 2 is 1.50 bits per heavy atom. The van der Waals surface area contributed by atoms with Gasteiger partial charge in [-0.15, -0.1) is 11.8 Å². The van der Waals surface area contributed by atoms with E-state index in [9.17, 15) is 0 Å². The maximum atomic E-state index is 3.40. The Bertz CT molecular complexity index is 941. The Hall–Kier alpha value is -1.51. The number of benzene rings is 2. The molecule has 2 aromatic rings. The molecule has 2 aromatic carbocycles. The summed E-state index contributed by atoms with van der Waals surface area (Å²) < 4.78 is 0. The summed E-state index contributed by atoms with van der Waals surface area (Å²) in [6.45, 7) is 15.2. The van der Waals surface area contributed by atoms with E-state index in [0.29, 0.717) is 0 Å². The molecule has 1 saturated heterocycles. The van der Waals surface area contributed by atoms with Gasteiger partial charge in [0, 0.05) is 17.3 Å². The lowest BCUT2D eigenvalue weighted by atomic mass is 9.62. The average Bonchev–Trinajstić information content (AvgIpc) is 3.14. The molecule has 1 aliphatic carbocycles. The van der Waals surface area contributed by atoms with Crippen molar-refractivity contribution in [2.45, 2.75) is 65.2 Å². The maximum Gasteiger partial charge on any atom is 0.0465 e. The molecule has 0 amide bonds. The lowest BCUT2D eigenvalue weighted by Gasteiger charge is -2.42. The van der Waals surface area contributed by atoms with E-state index < -0.39 is 0 Å². The molecule has 1 aliphatic heterocycles. The van der Waals surface area contributed by atoms with Crippen molar-refractivity contribution in [2.24, 2.45) is 0 Å². The molecular weight excluding hydrogens is 358 g/mol. The number of aryl methyl sites for hydroxylation is 2. The second-order valence-electron chi connectivity index (χ2n) is 9.88. The molecule has 1 fully saturated rings. The van der Waals surface area contributed by atoms with Crippen LogP contribution < -0.4 is 5.32 Å². The monoisotopic (exact) mass is 391 g/mol. The third kappa shape index (κ3) is 3.57. The number of nitrogens with one attached hydrogen (secondary N) is 1. The molecule has 0 radical (unpaired) electrons. The molecule has 0 atom stereocenters. The van der Waals surface area contributed by atoms with Crippen molar-refractivity contribution in [2.75, 3.05) is 12.4 Å². The second-order valence-corrected chi connectivity index (χ2v) is 11.0. The van der Waals surface area contributed by atoms with Crippen LogP contribution in [0.15, 0.2) is 35.2 Å². The Kier molecular flexibility index (Phi) is 5.00. The van der Waals surface area contributed by atoms with Crippen LogP contribution in [0.2, 0.25) is 0 Å². The normalized spacial score (nSPS) is 21.7. The van der Waals surface area contributed by atoms with E-state index in [1.807, 2.05) is 11.8 Å². The number of rotatable bonds is 2. The summed E-state index contributed by atoms with van der Waals surface area (Å²) in [6.07, 6.45) is 4.86. The van der Waals surface area contributed by atoms with Gasteiger partial charge < -0.3 is 5.32 Å². The van der Waals surface area contributed by atoms with E-state index in [1.54, 1.807) is 11.1 Å².